The number of rotatable bonds is 7. The van der Waals surface area contributed by atoms with Crippen molar-refractivity contribution >= 4 is 17.5 Å². The minimum Gasteiger partial charge on any atom is -0.460 e. The van der Waals surface area contributed by atoms with Crippen molar-refractivity contribution in [3.8, 4) is 11.3 Å². The first-order valence-corrected chi connectivity index (χ1v) is 10.4. The quantitative estimate of drug-likeness (QED) is 0.599. The number of halogens is 1. The molecule has 1 aromatic carbocycles. The highest BCUT2D eigenvalue weighted by Gasteiger charge is 2.23. The van der Waals surface area contributed by atoms with Crippen LogP contribution in [-0.2, 0) is 6.54 Å². The van der Waals surface area contributed by atoms with E-state index in [1.165, 1.54) is 0 Å². The van der Waals surface area contributed by atoms with Crippen molar-refractivity contribution in [1.29, 1.82) is 0 Å². The molecule has 2 N–H and O–H groups in total. The van der Waals surface area contributed by atoms with E-state index in [2.05, 4.69) is 20.5 Å². The Kier molecular flexibility index (Phi) is 6.47. The van der Waals surface area contributed by atoms with Crippen molar-refractivity contribution in [2.75, 3.05) is 26.2 Å². The number of carbonyl (C=O) groups is 1. The van der Waals surface area contributed by atoms with Crippen LogP contribution < -0.4 is 5.32 Å². The van der Waals surface area contributed by atoms with E-state index in [9.17, 15) is 4.79 Å². The Bertz CT molecular complexity index is 977. The largest absolute Gasteiger partial charge is 0.460 e. The molecule has 0 atom stereocenters. The molecule has 3 heterocycles. The van der Waals surface area contributed by atoms with Crippen LogP contribution in [0, 0.1) is 0 Å². The van der Waals surface area contributed by atoms with Crippen LogP contribution in [0.4, 0.5) is 0 Å². The fourth-order valence-electron chi connectivity index (χ4n) is 3.61. The second-order valence-corrected chi connectivity index (χ2v) is 7.78. The zero-order valence-corrected chi connectivity index (χ0v) is 17.3. The predicted molar refractivity (Wildman–Crippen MR) is 112 cm³/mol. The highest BCUT2D eigenvalue weighted by molar-refractivity contribution is 6.30. The molecule has 0 radical (unpaired) electrons. The lowest BCUT2D eigenvalue weighted by molar-refractivity contribution is 0.0939. The molecule has 0 aliphatic carbocycles. The van der Waals surface area contributed by atoms with Crippen molar-refractivity contribution in [2.24, 2.45) is 0 Å². The first-order valence-electron chi connectivity index (χ1n) is 10.0. The van der Waals surface area contributed by atoms with E-state index in [1.807, 2.05) is 36.4 Å². The Hall–Kier alpha value is -2.68. The molecule has 158 valence electrons. The molecular formula is C21H24ClN5O3. The molecule has 4 rings (SSSR count). The van der Waals surface area contributed by atoms with Gasteiger partial charge in [-0.15, -0.1) is 5.10 Å². The van der Waals surface area contributed by atoms with Gasteiger partial charge in [0.1, 0.15) is 11.5 Å². The number of hydrogen-bond donors (Lipinski definition) is 2. The van der Waals surface area contributed by atoms with Gasteiger partial charge in [0.25, 0.3) is 5.91 Å². The lowest BCUT2D eigenvalue weighted by Gasteiger charge is -2.31. The highest BCUT2D eigenvalue weighted by atomic mass is 35.5. The molecule has 1 aliphatic heterocycles. The summed E-state index contributed by atoms with van der Waals surface area (Å²) in [7, 11) is 0. The SMILES string of the molecule is O=C(NCCO)c1cn(C2CCN(Cc3ccc(-c4ccc(Cl)cc4)o3)CC2)nn1. The number of likely N-dealkylation sites (tertiary alicyclic amines) is 1. The molecular weight excluding hydrogens is 406 g/mol. The molecule has 1 fully saturated rings. The molecule has 8 nitrogen and oxygen atoms in total. The van der Waals surface area contributed by atoms with Crippen molar-refractivity contribution in [1.82, 2.24) is 25.2 Å². The topological polar surface area (TPSA) is 96.4 Å². The van der Waals surface area contributed by atoms with Crippen LogP contribution in [0.1, 0.15) is 35.1 Å². The predicted octanol–water partition coefficient (Wildman–Crippen LogP) is 2.75. The minimum atomic E-state index is -0.318. The van der Waals surface area contributed by atoms with E-state index in [0.29, 0.717) is 5.02 Å². The molecule has 9 heteroatoms. The lowest BCUT2D eigenvalue weighted by Crippen LogP contribution is -2.34. The fourth-order valence-corrected chi connectivity index (χ4v) is 3.74. The number of nitrogens with zero attached hydrogens (tertiary/aromatic N) is 4. The standard InChI is InChI=1S/C21H24ClN5O3/c22-16-3-1-15(2-4-16)20-6-5-18(30-20)13-26-10-7-17(8-11-26)27-14-19(24-25-27)21(29)23-9-12-28/h1-6,14,17,28H,7-13H2,(H,23,29). The van der Waals surface area contributed by atoms with E-state index in [4.69, 9.17) is 21.1 Å². The second-order valence-electron chi connectivity index (χ2n) is 7.34. The summed E-state index contributed by atoms with van der Waals surface area (Å²) in [5.74, 6) is 1.45. The van der Waals surface area contributed by atoms with Gasteiger partial charge in [0.05, 0.1) is 25.4 Å². The van der Waals surface area contributed by atoms with Crippen molar-refractivity contribution in [3.63, 3.8) is 0 Å². The van der Waals surface area contributed by atoms with Gasteiger partial charge in [-0.05, 0) is 49.2 Å². The molecule has 0 spiro atoms. The third-order valence-electron chi connectivity index (χ3n) is 5.24. The van der Waals surface area contributed by atoms with Crippen molar-refractivity contribution < 1.29 is 14.3 Å². The number of furan rings is 1. The molecule has 0 saturated carbocycles. The molecule has 0 bridgehead atoms. The van der Waals surface area contributed by atoms with Gasteiger partial charge >= 0.3 is 0 Å². The van der Waals surface area contributed by atoms with Gasteiger partial charge in [0.2, 0.25) is 0 Å². The zero-order chi connectivity index (χ0) is 20.9. The smallest absolute Gasteiger partial charge is 0.273 e. The molecule has 0 unspecified atom stereocenters. The average Bonchev–Trinajstić information content (AvgIpc) is 3.43. The highest BCUT2D eigenvalue weighted by Crippen LogP contribution is 2.26. The van der Waals surface area contributed by atoms with Gasteiger partial charge in [0, 0.05) is 30.2 Å². The third kappa shape index (κ3) is 4.89. The average molecular weight is 430 g/mol. The van der Waals surface area contributed by atoms with E-state index in [0.717, 1.165) is 49.6 Å². The number of aliphatic hydroxyl groups excluding tert-OH is 1. The van der Waals surface area contributed by atoms with Crippen LogP contribution in [0.15, 0.2) is 47.0 Å². The van der Waals surface area contributed by atoms with E-state index < -0.39 is 0 Å². The summed E-state index contributed by atoms with van der Waals surface area (Å²) in [6.45, 7) is 2.68. The summed E-state index contributed by atoms with van der Waals surface area (Å²) in [6.07, 6.45) is 3.52. The molecule has 30 heavy (non-hydrogen) atoms. The van der Waals surface area contributed by atoms with Crippen LogP contribution in [-0.4, -0.2) is 57.1 Å². The number of hydrogen-bond acceptors (Lipinski definition) is 6. The number of benzene rings is 1. The summed E-state index contributed by atoms with van der Waals surface area (Å²) in [5, 5.41) is 20.2. The maximum absolute atomic E-state index is 11.9. The lowest BCUT2D eigenvalue weighted by atomic mass is 10.1. The number of amides is 1. The van der Waals surface area contributed by atoms with Gasteiger partial charge in [-0.3, -0.25) is 9.69 Å². The maximum atomic E-state index is 11.9. The van der Waals surface area contributed by atoms with Crippen LogP contribution in [0.2, 0.25) is 5.02 Å². The molecule has 1 saturated heterocycles. The minimum absolute atomic E-state index is 0.102. The first-order chi connectivity index (χ1) is 14.6. The van der Waals surface area contributed by atoms with Crippen LogP contribution in [0.25, 0.3) is 11.3 Å². The monoisotopic (exact) mass is 429 g/mol. The Morgan fingerprint density at radius 2 is 1.97 bits per heavy atom. The zero-order valence-electron chi connectivity index (χ0n) is 16.5. The Balaban J connectivity index is 1.30. The number of aliphatic hydroxyl groups is 1. The molecule has 3 aromatic rings. The summed E-state index contributed by atoms with van der Waals surface area (Å²) in [5.41, 5.74) is 1.28. The number of aromatic nitrogens is 3. The molecule has 2 aromatic heterocycles. The van der Waals surface area contributed by atoms with Gasteiger partial charge in [-0.2, -0.15) is 0 Å². The number of nitrogens with one attached hydrogen (secondary N) is 1. The third-order valence-corrected chi connectivity index (χ3v) is 5.49. The van der Waals surface area contributed by atoms with Crippen LogP contribution >= 0.6 is 11.6 Å². The summed E-state index contributed by atoms with van der Waals surface area (Å²) in [6, 6.07) is 11.8. The summed E-state index contributed by atoms with van der Waals surface area (Å²) >= 11 is 5.95. The number of carbonyl (C=O) groups excluding carboxylic acids is 1. The molecule has 1 aliphatic rings. The molecule has 1 amide bonds. The van der Waals surface area contributed by atoms with Crippen LogP contribution in [0.3, 0.4) is 0 Å². The second kappa shape index (κ2) is 9.42. The summed E-state index contributed by atoms with van der Waals surface area (Å²) < 4.78 is 7.79. The van der Waals surface area contributed by atoms with Crippen LogP contribution in [0.5, 0.6) is 0 Å². The summed E-state index contributed by atoms with van der Waals surface area (Å²) in [4.78, 5) is 14.3. The van der Waals surface area contributed by atoms with Gasteiger partial charge in [-0.25, -0.2) is 4.68 Å². The van der Waals surface area contributed by atoms with E-state index >= 15 is 0 Å². The normalized spacial score (nSPS) is 15.4. The first kappa shape index (κ1) is 20.6. The Morgan fingerprint density at radius 3 is 2.70 bits per heavy atom. The Labute approximate surface area is 179 Å². The fraction of sp³-hybridized carbons (Fsp3) is 0.381. The number of piperidine rings is 1. The van der Waals surface area contributed by atoms with E-state index in [-0.39, 0.29) is 30.8 Å². The van der Waals surface area contributed by atoms with Gasteiger partial charge < -0.3 is 14.8 Å². The van der Waals surface area contributed by atoms with Crippen molar-refractivity contribution in [3.05, 3.63) is 59.1 Å². The van der Waals surface area contributed by atoms with Gasteiger partial charge in [-0.1, -0.05) is 16.8 Å². The van der Waals surface area contributed by atoms with Gasteiger partial charge in [0.15, 0.2) is 5.69 Å². The van der Waals surface area contributed by atoms with E-state index in [1.54, 1.807) is 10.9 Å². The van der Waals surface area contributed by atoms with Crippen molar-refractivity contribution in [2.45, 2.75) is 25.4 Å². The maximum Gasteiger partial charge on any atom is 0.273 e. The Morgan fingerprint density at radius 1 is 1.20 bits per heavy atom.